The molecule has 200 valence electrons. The van der Waals surface area contributed by atoms with Crippen molar-refractivity contribution in [2.75, 3.05) is 72.2 Å². The molecule has 0 atom stereocenters. The largest absolute Gasteiger partial charge is 0.449 e. The summed E-state index contributed by atoms with van der Waals surface area (Å²) in [6, 6.07) is 0. The smallest absolute Gasteiger partial charge is 0.406 e. The van der Waals surface area contributed by atoms with Crippen LogP contribution in [0.2, 0.25) is 0 Å². The van der Waals surface area contributed by atoms with Gasteiger partial charge in [0.15, 0.2) is 6.61 Å². The van der Waals surface area contributed by atoms with Crippen molar-refractivity contribution in [1.29, 1.82) is 0 Å². The first kappa shape index (κ1) is 31.6. The topological polar surface area (TPSA) is 195 Å². The summed E-state index contributed by atoms with van der Waals surface area (Å²) in [4.78, 5) is 62.1. The Labute approximate surface area is 207 Å². The molecule has 0 aromatic carbocycles. The summed E-state index contributed by atoms with van der Waals surface area (Å²) in [5.41, 5.74) is -1.05. The molecular formula is C19H34N6O9S. The molecule has 0 aliphatic carbocycles. The van der Waals surface area contributed by atoms with Gasteiger partial charge in [0.05, 0.1) is 18.2 Å². The summed E-state index contributed by atoms with van der Waals surface area (Å²) in [7, 11) is 4.17. The summed E-state index contributed by atoms with van der Waals surface area (Å²) in [6.07, 6.45) is -0.795. The molecule has 0 radical (unpaired) electrons. The van der Waals surface area contributed by atoms with Crippen LogP contribution >= 0.6 is 11.8 Å². The van der Waals surface area contributed by atoms with E-state index in [0.29, 0.717) is 5.75 Å². The Kier molecular flexibility index (Phi) is 17.1. The number of carbonyl (C=O) groups excluding carboxylic acids is 5. The molecule has 0 saturated carbocycles. The molecule has 0 aromatic heterocycles. The molecular weight excluding hydrogens is 488 g/mol. The Bertz CT molecular complexity index is 673. The molecule has 0 aliphatic rings. The molecule has 0 spiro atoms. The van der Waals surface area contributed by atoms with Crippen LogP contribution in [0.25, 0.3) is 0 Å². The lowest BCUT2D eigenvalue weighted by atomic mass is 9.94. The molecule has 15 nitrogen and oxygen atoms in total. The van der Waals surface area contributed by atoms with Gasteiger partial charge in [-0.3, -0.25) is 9.59 Å². The highest BCUT2D eigenvalue weighted by molar-refractivity contribution is 7.99. The minimum atomic E-state index is -1.05. The number of thioether (sulfide) groups is 1. The second-order valence-corrected chi connectivity index (χ2v) is 7.98. The zero-order chi connectivity index (χ0) is 26.5. The fourth-order valence-electron chi connectivity index (χ4n) is 2.10. The van der Waals surface area contributed by atoms with Gasteiger partial charge in [-0.05, 0) is 0 Å². The zero-order valence-electron chi connectivity index (χ0n) is 20.3. The Morgan fingerprint density at radius 3 is 1.83 bits per heavy atom. The monoisotopic (exact) mass is 522 g/mol. The number of hydrogen-bond acceptors (Lipinski definition) is 11. The van der Waals surface area contributed by atoms with Crippen molar-refractivity contribution >= 4 is 48.1 Å². The van der Waals surface area contributed by atoms with E-state index in [9.17, 15) is 24.0 Å². The van der Waals surface area contributed by atoms with E-state index in [2.05, 4.69) is 31.7 Å². The molecule has 0 bridgehead atoms. The van der Waals surface area contributed by atoms with E-state index < -0.39 is 29.6 Å². The highest BCUT2D eigenvalue weighted by atomic mass is 32.2. The van der Waals surface area contributed by atoms with Crippen molar-refractivity contribution in [3.63, 3.8) is 0 Å². The molecule has 35 heavy (non-hydrogen) atoms. The number of ether oxygens (including phenoxy) is 3. The third kappa shape index (κ3) is 16.8. The van der Waals surface area contributed by atoms with Crippen LogP contribution < -0.4 is 26.6 Å². The second kappa shape index (κ2) is 18.9. The Balaban J connectivity index is 4.76. The maximum Gasteiger partial charge on any atom is 0.406 e. The van der Waals surface area contributed by atoms with Crippen molar-refractivity contribution in [3.8, 4) is 0 Å². The quantitative estimate of drug-likeness (QED) is 0.0728. The highest BCUT2D eigenvalue weighted by Gasteiger charge is 2.36. The summed E-state index contributed by atoms with van der Waals surface area (Å²) in [6.45, 7) is 0.918. The predicted molar refractivity (Wildman–Crippen MR) is 127 cm³/mol. The zero-order valence-corrected chi connectivity index (χ0v) is 21.1. The molecule has 0 heterocycles. The van der Waals surface area contributed by atoms with Crippen molar-refractivity contribution in [1.82, 2.24) is 26.6 Å². The lowest BCUT2D eigenvalue weighted by Crippen LogP contribution is -2.44. The van der Waals surface area contributed by atoms with Gasteiger partial charge in [0.1, 0.15) is 19.8 Å². The first-order valence-corrected chi connectivity index (χ1v) is 11.6. The van der Waals surface area contributed by atoms with Crippen molar-refractivity contribution in [2.45, 2.75) is 6.92 Å². The summed E-state index contributed by atoms with van der Waals surface area (Å²) >= 11 is 1.36. The van der Waals surface area contributed by atoms with Gasteiger partial charge in [-0.15, -0.1) is 0 Å². The number of oxime groups is 1. The van der Waals surface area contributed by atoms with E-state index >= 15 is 0 Å². The number of alkyl carbamates (subject to hydrolysis) is 3. The van der Waals surface area contributed by atoms with Crippen LogP contribution in [0.3, 0.4) is 0 Å². The Morgan fingerprint density at radius 2 is 1.37 bits per heavy atom. The van der Waals surface area contributed by atoms with Crippen molar-refractivity contribution in [3.05, 3.63) is 0 Å². The number of rotatable bonds is 16. The summed E-state index contributed by atoms with van der Waals surface area (Å²) < 4.78 is 15.5. The van der Waals surface area contributed by atoms with Crippen LogP contribution in [0.15, 0.2) is 5.16 Å². The van der Waals surface area contributed by atoms with E-state index in [0.717, 1.165) is 0 Å². The lowest BCUT2D eigenvalue weighted by molar-refractivity contribution is -0.125. The average molecular weight is 523 g/mol. The Hall–Kier alpha value is -3.43. The molecule has 5 N–H and O–H groups in total. The minimum absolute atomic E-state index is 0.187. The minimum Gasteiger partial charge on any atom is -0.449 e. The van der Waals surface area contributed by atoms with Crippen LogP contribution in [0, 0.1) is 5.41 Å². The van der Waals surface area contributed by atoms with Gasteiger partial charge in [0, 0.05) is 46.1 Å². The van der Waals surface area contributed by atoms with Crippen molar-refractivity contribution in [2.24, 2.45) is 10.6 Å². The van der Waals surface area contributed by atoms with Crippen LogP contribution in [-0.4, -0.2) is 108 Å². The van der Waals surface area contributed by atoms with Gasteiger partial charge < -0.3 is 45.6 Å². The van der Waals surface area contributed by atoms with E-state index in [1.54, 1.807) is 0 Å². The number of hydrogen-bond donors (Lipinski definition) is 5. The van der Waals surface area contributed by atoms with E-state index in [1.807, 2.05) is 0 Å². The predicted octanol–water partition coefficient (Wildman–Crippen LogP) is -0.971. The van der Waals surface area contributed by atoms with Crippen molar-refractivity contribution < 1.29 is 43.0 Å². The highest BCUT2D eigenvalue weighted by Crippen LogP contribution is 2.26. The maximum atomic E-state index is 11.8. The molecule has 0 unspecified atom stereocenters. The number of nitrogens with zero attached hydrogens (tertiary/aromatic N) is 1. The maximum absolute atomic E-state index is 11.8. The fourth-order valence-corrected chi connectivity index (χ4v) is 3.17. The van der Waals surface area contributed by atoms with Gasteiger partial charge in [-0.2, -0.15) is 11.8 Å². The molecule has 0 rings (SSSR count). The number of nitrogens with one attached hydrogen (secondary N) is 5. The van der Waals surface area contributed by atoms with E-state index in [4.69, 9.17) is 19.0 Å². The van der Waals surface area contributed by atoms with Gasteiger partial charge in [-0.25, -0.2) is 14.4 Å². The van der Waals surface area contributed by atoms with Crippen LogP contribution in [0.4, 0.5) is 14.4 Å². The average Bonchev–Trinajstić information content (AvgIpc) is 2.85. The van der Waals surface area contributed by atoms with E-state index in [1.165, 1.54) is 46.0 Å². The SMILES string of the molecule is CNC(=O)OCC(COC(=O)NC)(COC(=O)NC)CSCCNC(=O)CO/N=C\CNC(C)=O. The molecule has 16 heteroatoms. The van der Waals surface area contributed by atoms with Crippen LogP contribution in [-0.2, 0) is 28.6 Å². The van der Waals surface area contributed by atoms with Gasteiger partial charge >= 0.3 is 18.3 Å². The third-order valence-electron chi connectivity index (χ3n) is 3.90. The summed E-state index contributed by atoms with van der Waals surface area (Å²) in [5.74, 6) is 0.0930. The van der Waals surface area contributed by atoms with E-state index in [-0.39, 0.29) is 51.2 Å². The van der Waals surface area contributed by atoms with Crippen LogP contribution in [0.1, 0.15) is 6.92 Å². The fraction of sp³-hybridized carbons (Fsp3) is 0.684. The van der Waals surface area contributed by atoms with Crippen LogP contribution in [0.5, 0.6) is 0 Å². The first-order chi connectivity index (χ1) is 16.7. The van der Waals surface area contributed by atoms with Gasteiger partial charge in [-0.1, -0.05) is 5.16 Å². The molecule has 0 saturated heterocycles. The Morgan fingerprint density at radius 1 is 0.857 bits per heavy atom. The molecule has 0 aromatic rings. The molecule has 5 amide bonds. The second-order valence-electron chi connectivity index (χ2n) is 6.88. The lowest BCUT2D eigenvalue weighted by Gasteiger charge is -2.31. The standard InChI is InChI=1S/C19H34N6O9S/c1-14(26)23-5-6-25-34-9-15(27)24-7-8-35-13-19(10-31-16(28)20-2,11-32-17(29)21-3)12-33-18(30)22-4/h6H,5,7-13H2,1-4H3,(H,20,28)(H,21,29)(H,22,30)(H,23,26)(H,24,27)/b25-6-. The molecule has 0 fully saturated rings. The van der Waals surface area contributed by atoms with Gasteiger partial charge in [0.25, 0.3) is 5.91 Å². The number of amides is 5. The third-order valence-corrected chi connectivity index (χ3v) is 5.21. The molecule has 0 aliphatic heterocycles. The van der Waals surface area contributed by atoms with Gasteiger partial charge in [0.2, 0.25) is 5.91 Å². The summed E-state index contributed by atoms with van der Waals surface area (Å²) in [5, 5.41) is 15.6. The number of carbonyl (C=O) groups is 5. The first-order valence-electron chi connectivity index (χ1n) is 10.4. The normalized spacial score (nSPS) is 10.6.